The van der Waals surface area contributed by atoms with Crippen LogP contribution in [0.2, 0.25) is 0 Å². The first-order chi connectivity index (χ1) is 9.56. The lowest BCUT2D eigenvalue weighted by Gasteiger charge is -2.00. The number of nitrogens with two attached hydrogens (primary N) is 1. The molecule has 0 atom stereocenters. The van der Waals surface area contributed by atoms with Gasteiger partial charge in [-0.05, 0) is 61.0 Å². The van der Waals surface area contributed by atoms with Crippen LogP contribution in [-0.4, -0.2) is 4.98 Å². The lowest BCUT2D eigenvalue weighted by atomic mass is 10.1. The molecule has 4 heteroatoms. The number of pyridine rings is 1. The topological polar surface area (TPSA) is 38.9 Å². The predicted octanol–water partition coefficient (Wildman–Crippen LogP) is 5.34. The molecule has 1 heterocycles. The van der Waals surface area contributed by atoms with Crippen LogP contribution in [0.15, 0.2) is 63.7 Å². The first-order valence-corrected chi connectivity index (χ1v) is 7.67. The van der Waals surface area contributed by atoms with Gasteiger partial charge in [0.2, 0.25) is 0 Å². The maximum Gasteiger partial charge on any atom is 0.0705 e. The highest BCUT2D eigenvalue weighted by Gasteiger charge is 1.97. The van der Waals surface area contributed by atoms with Crippen LogP contribution in [0.4, 0.5) is 5.69 Å². The zero-order chi connectivity index (χ0) is 14.5. The number of halogens is 2. The third-order valence-corrected chi connectivity index (χ3v) is 3.81. The van der Waals surface area contributed by atoms with Crippen LogP contribution in [0.3, 0.4) is 0 Å². The molecular formula is C16H14Br2N2. The Morgan fingerprint density at radius 1 is 0.900 bits per heavy atom. The van der Waals surface area contributed by atoms with E-state index in [1.54, 1.807) is 0 Å². The van der Waals surface area contributed by atoms with E-state index in [0.29, 0.717) is 0 Å². The monoisotopic (exact) mass is 392 g/mol. The highest BCUT2D eigenvalue weighted by Crippen LogP contribution is 2.20. The molecule has 0 bridgehead atoms. The molecule has 102 valence electrons. The Morgan fingerprint density at radius 2 is 1.55 bits per heavy atom. The van der Waals surface area contributed by atoms with Gasteiger partial charge in [0.15, 0.2) is 0 Å². The van der Waals surface area contributed by atoms with Crippen molar-refractivity contribution < 1.29 is 0 Å². The number of rotatable bonds is 0. The SMILES string of the molecule is Cc1ccnc2ccc(Br)cc12.Nc1ccc(Br)cc1. The average Bonchev–Trinajstić information content (AvgIpc) is 2.44. The first-order valence-electron chi connectivity index (χ1n) is 6.08. The van der Waals surface area contributed by atoms with E-state index < -0.39 is 0 Å². The number of hydrogen-bond acceptors (Lipinski definition) is 2. The molecule has 2 nitrogen and oxygen atoms in total. The molecule has 2 N–H and O–H groups in total. The van der Waals surface area contributed by atoms with Crippen molar-refractivity contribution in [1.82, 2.24) is 4.98 Å². The maximum atomic E-state index is 5.41. The van der Waals surface area contributed by atoms with Gasteiger partial charge in [-0.2, -0.15) is 0 Å². The Kier molecular flexibility index (Phi) is 5.15. The summed E-state index contributed by atoms with van der Waals surface area (Å²) in [5.74, 6) is 0. The Hall–Kier alpha value is -1.39. The quantitative estimate of drug-likeness (QED) is 0.523. The summed E-state index contributed by atoms with van der Waals surface area (Å²) in [4.78, 5) is 4.26. The largest absolute Gasteiger partial charge is 0.399 e. The molecule has 3 rings (SSSR count). The van der Waals surface area contributed by atoms with Crippen molar-refractivity contribution in [3.05, 3.63) is 69.2 Å². The molecule has 0 amide bonds. The Morgan fingerprint density at radius 3 is 2.20 bits per heavy atom. The van der Waals surface area contributed by atoms with Crippen molar-refractivity contribution in [3.63, 3.8) is 0 Å². The third kappa shape index (κ3) is 4.05. The molecular weight excluding hydrogens is 380 g/mol. The number of aromatic nitrogens is 1. The van der Waals surface area contributed by atoms with E-state index in [1.165, 1.54) is 10.9 Å². The van der Waals surface area contributed by atoms with E-state index in [1.807, 2.05) is 48.7 Å². The van der Waals surface area contributed by atoms with Crippen LogP contribution in [0.1, 0.15) is 5.56 Å². The fourth-order valence-electron chi connectivity index (χ4n) is 1.72. The molecule has 0 saturated heterocycles. The van der Waals surface area contributed by atoms with Gasteiger partial charge in [0, 0.05) is 26.2 Å². The van der Waals surface area contributed by atoms with Crippen molar-refractivity contribution in [2.45, 2.75) is 6.92 Å². The van der Waals surface area contributed by atoms with E-state index in [0.717, 1.165) is 20.1 Å². The Balaban J connectivity index is 0.000000160. The van der Waals surface area contributed by atoms with Gasteiger partial charge in [-0.25, -0.2) is 0 Å². The van der Waals surface area contributed by atoms with E-state index in [9.17, 15) is 0 Å². The van der Waals surface area contributed by atoms with Gasteiger partial charge < -0.3 is 5.73 Å². The molecule has 3 aromatic rings. The number of aryl methyl sites for hydroxylation is 1. The molecule has 0 aliphatic rings. The Labute approximate surface area is 135 Å². The molecule has 0 unspecified atom stereocenters. The number of nitrogen functional groups attached to an aromatic ring is 1. The second-order valence-corrected chi connectivity index (χ2v) is 6.17. The summed E-state index contributed by atoms with van der Waals surface area (Å²) in [6.07, 6.45) is 1.84. The zero-order valence-corrected chi connectivity index (χ0v) is 14.1. The molecule has 0 spiro atoms. The van der Waals surface area contributed by atoms with E-state index in [4.69, 9.17) is 5.73 Å². The smallest absolute Gasteiger partial charge is 0.0705 e. The minimum atomic E-state index is 0.799. The molecule has 0 aliphatic carbocycles. The number of benzene rings is 2. The summed E-state index contributed by atoms with van der Waals surface area (Å²) >= 11 is 6.73. The van der Waals surface area contributed by atoms with Crippen molar-refractivity contribution in [3.8, 4) is 0 Å². The summed E-state index contributed by atoms with van der Waals surface area (Å²) in [7, 11) is 0. The lowest BCUT2D eigenvalue weighted by Crippen LogP contribution is -1.81. The highest BCUT2D eigenvalue weighted by atomic mass is 79.9. The van der Waals surface area contributed by atoms with E-state index >= 15 is 0 Å². The van der Waals surface area contributed by atoms with Crippen LogP contribution in [0, 0.1) is 6.92 Å². The first kappa shape index (κ1) is 15.0. The molecule has 0 radical (unpaired) electrons. The maximum absolute atomic E-state index is 5.41. The van der Waals surface area contributed by atoms with Gasteiger partial charge in [0.25, 0.3) is 0 Å². The minimum absolute atomic E-state index is 0.799. The van der Waals surface area contributed by atoms with Crippen LogP contribution in [0.5, 0.6) is 0 Å². The van der Waals surface area contributed by atoms with Crippen LogP contribution >= 0.6 is 31.9 Å². The second-order valence-electron chi connectivity index (χ2n) is 4.34. The standard InChI is InChI=1S/C10H8BrN.C6H6BrN/c1-7-4-5-12-10-3-2-8(11)6-9(7)10;7-5-1-3-6(8)4-2-5/h2-6H,1H3;1-4H,8H2. The number of nitrogens with zero attached hydrogens (tertiary/aromatic N) is 1. The number of anilines is 1. The number of fused-ring (bicyclic) bond motifs is 1. The molecule has 20 heavy (non-hydrogen) atoms. The number of hydrogen-bond donors (Lipinski definition) is 1. The second kappa shape index (κ2) is 6.86. The van der Waals surface area contributed by atoms with Gasteiger partial charge >= 0.3 is 0 Å². The van der Waals surface area contributed by atoms with Crippen molar-refractivity contribution in [1.29, 1.82) is 0 Å². The normalized spacial score (nSPS) is 9.95. The molecule has 0 saturated carbocycles. The Bertz CT molecular complexity index is 688. The molecule has 2 aromatic carbocycles. The summed E-state index contributed by atoms with van der Waals surface area (Å²) in [5.41, 5.74) is 8.52. The molecule has 1 aromatic heterocycles. The summed E-state index contributed by atoms with van der Waals surface area (Å²) in [6.45, 7) is 2.09. The van der Waals surface area contributed by atoms with Gasteiger partial charge in [0.1, 0.15) is 0 Å². The highest BCUT2D eigenvalue weighted by molar-refractivity contribution is 9.10. The van der Waals surface area contributed by atoms with Crippen molar-refractivity contribution in [2.24, 2.45) is 0 Å². The van der Waals surface area contributed by atoms with Crippen LogP contribution in [0.25, 0.3) is 10.9 Å². The van der Waals surface area contributed by atoms with Crippen LogP contribution in [-0.2, 0) is 0 Å². The summed E-state index contributed by atoms with van der Waals surface area (Å²) in [5, 5.41) is 1.21. The van der Waals surface area contributed by atoms with Gasteiger partial charge in [0.05, 0.1) is 5.52 Å². The third-order valence-electron chi connectivity index (χ3n) is 2.79. The van der Waals surface area contributed by atoms with Gasteiger partial charge in [-0.15, -0.1) is 0 Å². The average molecular weight is 394 g/mol. The predicted molar refractivity (Wildman–Crippen MR) is 92.7 cm³/mol. The van der Waals surface area contributed by atoms with Crippen molar-refractivity contribution in [2.75, 3.05) is 5.73 Å². The molecule has 0 fully saturated rings. The van der Waals surface area contributed by atoms with E-state index in [2.05, 4.69) is 49.8 Å². The zero-order valence-electron chi connectivity index (χ0n) is 11.0. The van der Waals surface area contributed by atoms with Crippen LogP contribution < -0.4 is 5.73 Å². The summed E-state index contributed by atoms with van der Waals surface area (Å²) < 4.78 is 2.16. The molecule has 0 aliphatic heterocycles. The fourth-order valence-corrected chi connectivity index (χ4v) is 2.34. The van der Waals surface area contributed by atoms with Gasteiger partial charge in [-0.1, -0.05) is 31.9 Å². The van der Waals surface area contributed by atoms with Crippen molar-refractivity contribution >= 4 is 48.5 Å². The lowest BCUT2D eigenvalue weighted by molar-refractivity contribution is 1.37. The fraction of sp³-hybridized carbons (Fsp3) is 0.0625. The summed E-state index contributed by atoms with van der Waals surface area (Å²) in [6, 6.07) is 15.7. The van der Waals surface area contributed by atoms with E-state index in [-0.39, 0.29) is 0 Å². The van der Waals surface area contributed by atoms with Gasteiger partial charge in [-0.3, -0.25) is 4.98 Å². The minimum Gasteiger partial charge on any atom is -0.399 e.